The van der Waals surface area contributed by atoms with Crippen molar-refractivity contribution < 1.29 is 26.9 Å². The zero-order valence-electron chi connectivity index (χ0n) is 10.5. The van der Waals surface area contributed by atoms with Gasteiger partial charge in [-0.25, -0.2) is 0 Å². The summed E-state index contributed by atoms with van der Waals surface area (Å²) >= 11 is 0. The maximum atomic E-state index is 12.5. The smallest absolute Gasteiger partial charge is 0.472 e. The van der Waals surface area contributed by atoms with Gasteiger partial charge in [0.15, 0.2) is 0 Å². The Kier molecular flexibility index (Phi) is 3.59. The van der Waals surface area contributed by atoms with Gasteiger partial charge >= 0.3 is 12.1 Å². The van der Waals surface area contributed by atoms with Crippen LogP contribution in [0.4, 0.5) is 13.2 Å². The van der Waals surface area contributed by atoms with Crippen LogP contribution in [0, 0.1) is 0 Å². The molecule has 0 amide bonds. The summed E-state index contributed by atoms with van der Waals surface area (Å²) < 4.78 is 54.6. The highest BCUT2D eigenvalue weighted by molar-refractivity contribution is 7.84. The van der Waals surface area contributed by atoms with Gasteiger partial charge in [0.25, 0.3) is 0 Å². The normalized spacial score (nSPS) is 13.4. The van der Waals surface area contributed by atoms with Crippen molar-refractivity contribution in [2.75, 3.05) is 13.4 Å². The van der Waals surface area contributed by atoms with Gasteiger partial charge in [-0.1, -0.05) is 0 Å². The van der Waals surface area contributed by atoms with Gasteiger partial charge in [0.2, 0.25) is 0 Å². The summed E-state index contributed by atoms with van der Waals surface area (Å²) in [6.07, 6.45) is -2.57. The van der Waals surface area contributed by atoms with E-state index in [-0.39, 0.29) is 10.4 Å². The Bertz CT molecular complexity index is 706. The molecule has 1 aromatic heterocycles. The third kappa shape index (κ3) is 2.43. The van der Waals surface area contributed by atoms with E-state index in [1.54, 1.807) is 0 Å². The number of benzene rings is 1. The van der Waals surface area contributed by atoms with Crippen molar-refractivity contribution in [3.8, 4) is 5.75 Å². The second-order valence-corrected chi connectivity index (χ2v) is 5.35. The molecule has 8 heteroatoms. The van der Waals surface area contributed by atoms with Crippen LogP contribution in [0.25, 0.3) is 10.9 Å². The van der Waals surface area contributed by atoms with Crippen molar-refractivity contribution >= 4 is 27.6 Å². The molecule has 1 atom stereocenters. The number of carbonyl (C=O) groups excluding carboxylic acids is 1. The van der Waals surface area contributed by atoms with Crippen molar-refractivity contribution in [1.29, 1.82) is 0 Å². The van der Waals surface area contributed by atoms with Gasteiger partial charge in [0.05, 0.1) is 28.3 Å². The number of methoxy groups -OCH3 is 1. The van der Waals surface area contributed by atoms with Gasteiger partial charge in [-0.2, -0.15) is 13.2 Å². The molecule has 0 N–H and O–H groups in total. The standard InChI is InChI=1S/C12H10F3NO3S/c1-19-9-5-7-3-4-16(11(17)12(13,14)15)8(7)6-10(9)20(2)18/h3-6H,1-2H3. The molecule has 1 unspecified atom stereocenters. The molecule has 0 saturated carbocycles. The third-order valence-corrected chi connectivity index (χ3v) is 3.69. The van der Waals surface area contributed by atoms with Gasteiger partial charge in [0.1, 0.15) is 5.75 Å². The van der Waals surface area contributed by atoms with Gasteiger partial charge in [-0.15, -0.1) is 0 Å². The van der Waals surface area contributed by atoms with E-state index in [1.807, 2.05) is 0 Å². The lowest BCUT2D eigenvalue weighted by Gasteiger charge is -2.10. The molecule has 0 aliphatic carbocycles. The molecule has 1 heterocycles. The summed E-state index contributed by atoms with van der Waals surface area (Å²) in [7, 11) is -0.0837. The molecule has 0 aliphatic heterocycles. The van der Waals surface area contributed by atoms with E-state index in [4.69, 9.17) is 4.74 Å². The fraction of sp³-hybridized carbons (Fsp3) is 0.250. The summed E-state index contributed by atoms with van der Waals surface area (Å²) in [5.74, 6) is -1.69. The quantitative estimate of drug-likeness (QED) is 0.857. The van der Waals surface area contributed by atoms with Crippen LogP contribution < -0.4 is 4.74 Å². The number of hydrogen-bond donors (Lipinski definition) is 0. The van der Waals surface area contributed by atoms with Crippen LogP contribution in [0.1, 0.15) is 4.79 Å². The average molecular weight is 305 g/mol. The minimum atomic E-state index is -4.97. The van der Waals surface area contributed by atoms with Gasteiger partial charge < -0.3 is 4.74 Å². The van der Waals surface area contributed by atoms with Crippen molar-refractivity contribution in [1.82, 2.24) is 4.57 Å². The Hall–Kier alpha value is -1.83. The number of rotatable bonds is 2. The number of hydrogen-bond acceptors (Lipinski definition) is 3. The Balaban J connectivity index is 2.69. The summed E-state index contributed by atoms with van der Waals surface area (Å²) in [4.78, 5) is 11.5. The fourth-order valence-electron chi connectivity index (χ4n) is 1.84. The molecule has 2 aromatic rings. The van der Waals surface area contributed by atoms with Crippen LogP contribution in [-0.4, -0.2) is 34.2 Å². The maximum absolute atomic E-state index is 12.5. The lowest BCUT2D eigenvalue weighted by Crippen LogP contribution is -2.28. The molecule has 20 heavy (non-hydrogen) atoms. The summed E-state index contributed by atoms with van der Waals surface area (Å²) in [6.45, 7) is 0. The largest absolute Gasteiger partial charge is 0.495 e. The van der Waals surface area contributed by atoms with E-state index < -0.39 is 22.9 Å². The van der Waals surface area contributed by atoms with E-state index in [0.717, 1.165) is 6.20 Å². The van der Waals surface area contributed by atoms with Crippen molar-refractivity contribution in [2.45, 2.75) is 11.1 Å². The second-order valence-electron chi connectivity index (χ2n) is 4.00. The maximum Gasteiger partial charge on any atom is 0.472 e. The Morgan fingerprint density at radius 2 is 2.00 bits per heavy atom. The number of halogens is 3. The van der Waals surface area contributed by atoms with Crippen molar-refractivity contribution in [2.24, 2.45) is 0 Å². The van der Waals surface area contributed by atoms with Gasteiger partial charge in [-0.3, -0.25) is 13.6 Å². The van der Waals surface area contributed by atoms with E-state index in [0.29, 0.717) is 15.7 Å². The minimum absolute atomic E-state index is 0.0401. The number of alkyl halides is 3. The number of carbonyl (C=O) groups is 1. The first-order valence-electron chi connectivity index (χ1n) is 5.39. The highest BCUT2D eigenvalue weighted by Crippen LogP contribution is 2.30. The van der Waals surface area contributed by atoms with Crippen LogP contribution in [-0.2, 0) is 10.8 Å². The first kappa shape index (κ1) is 14.6. The van der Waals surface area contributed by atoms with Crippen LogP contribution in [0.5, 0.6) is 5.75 Å². The van der Waals surface area contributed by atoms with Crippen LogP contribution in [0.3, 0.4) is 0 Å². The van der Waals surface area contributed by atoms with Crippen molar-refractivity contribution in [3.63, 3.8) is 0 Å². The second kappa shape index (κ2) is 4.93. The number of nitrogens with zero attached hydrogens (tertiary/aromatic N) is 1. The highest BCUT2D eigenvalue weighted by atomic mass is 32.2. The van der Waals surface area contributed by atoms with E-state index >= 15 is 0 Å². The number of ether oxygens (including phenoxy) is 1. The average Bonchev–Trinajstić information content (AvgIpc) is 2.77. The fourth-order valence-corrected chi connectivity index (χ4v) is 2.54. The molecule has 0 aliphatic rings. The molecule has 4 nitrogen and oxygen atoms in total. The number of aromatic nitrogens is 1. The first-order chi connectivity index (χ1) is 9.25. The van der Waals surface area contributed by atoms with E-state index in [9.17, 15) is 22.2 Å². The molecule has 108 valence electrons. The first-order valence-corrected chi connectivity index (χ1v) is 6.95. The van der Waals surface area contributed by atoms with Crippen LogP contribution >= 0.6 is 0 Å². The molecule has 0 radical (unpaired) electrons. The molecular weight excluding hydrogens is 295 g/mol. The molecule has 1 aromatic carbocycles. The molecular formula is C12H10F3NO3S. The van der Waals surface area contributed by atoms with Crippen LogP contribution in [0.2, 0.25) is 0 Å². The van der Waals surface area contributed by atoms with Gasteiger partial charge in [-0.05, 0) is 18.2 Å². The molecule has 0 bridgehead atoms. The minimum Gasteiger partial charge on any atom is -0.495 e. The zero-order chi connectivity index (χ0) is 15.1. The summed E-state index contributed by atoms with van der Waals surface area (Å²) in [5.41, 5.74) is 0.0401. The molecule has 2 rings (SSSR count). The number of fused-ring (bicyclic) bond motifs is 1. The van der Waals surface area contributed by atoms with Gasteiger partial charge in [0, 0.05) is 17.8 Å². The van der Waals surface area contributed by atoms with Crippen molar-refractivity contribution in [3.05, 3.63) is 24.4 Å². The lowest BCUT2D eigenvalue weighted by atomic mass is 10.2. The third-order valence-electron chi connectivity index (χ3n) is 2.75. The lowest BCUT2D eigenvalue weighted by molar-refractivity contribution is -0.0942. The Morgan fingerprint density at radius 1 is 1.35 bits per heavy atom. The predicted octanol–water partition coefficient (Wildman–Crippen LogP) is 2.59. The summed E-state index contributed by atoms with van der Waals surface area (Å²) in [6, 6.07) is 4.09. The monoisotopic (exact) mass is 305 g/mol. The molecule has 0 fully saturated rings. The van der Waals surface area contributed by atoms with Crippen LogP contribution in [0.15, 0.2) is 29.3 Å². The Labute approximate surface area is 114 Å². The predicted molar refractivity (Wildman–Crippen MR) is 67.5 cm³/mol. The summed E-state index contributed by atoms with van der Waals surface area (Å²) in [5, 5.41) is 0.397. The topological polar surface area (TPSA) is 48.3 Å². The molecule has 0 spiro atoms. The zero-order valence-corrected chi connectivity index (χ0v) is 11.3. The molecule has 0 saturated heterocycles. The highest BCUT2D eigenvalue weighted by Gasteiger charge is 2.40. The van der Waals surface area contributed by atoms with E-state index in [1.165, 1.54) is 31.6 Å². The Morgan fingerprint density at radius 3 is 2.50 bits per heavy atom. The van der Waals surface area contributed by atoms with E-state index in [2.05, 4.69) is 0 Å². The SMILES string of the molecule is COc1cc2ccn(C(=O)C(F)(F)F)c2cc1S(C)=O.